The summed E-state index contributed by atoms with van der Waals surface area (Å²) < 4.78 is 10.6. The highest BCUT2D eigenvalue weighted by atomic mass is 35.5. The number of nitro groups is 1. The second kappa shape index (κ2) is 9.66. The Morgan fingerprint density at radius 3 is 2.22 bits per heavy atom. The zero-order valence-electron chi connectivity index (χ0n) is 12.8. The van der Waals surface area contributed by atoms with E-state index in [1.807, 2.05) is 42.5 Å². The van der Waals surface area contributed by atoms with Gasteiger partial charge in [0.05, 0.1) is 6.61 Å². The van der Waals surface area contributed by atoms with Crippen LogP contribution in [-0.4, -0.2) is 30.3 Å². The van der Waals surface area contributed by atoms with Crippen LogP contribution < -0.4 is 4.74 Å². The average Bonchev–Trinajstić information content (AvgIpc) is 2.54. The fourth-order valence-corrected chi connectivity index (χ4v) is 1.91. The van der Waals surface area contributed by atoms with Crippen molar-refractivity contribution in [2.75, 3.05) is 20.3 Å². The molecular formula is C16H19ClN2O4. The third-order valence-electron chi connectivity index (χ3n) is 3.05. The van der Waals surface area contributed by atoms with E-state index < -0.39 is 5.03 Å². The van der Waals surface area contributed by atoms with E-state index in [-0.39, 0.29) is 25.5 Å². The Morgan fingerprint density at radius 1 is 1.04 bits per heavy atom. The first-order valence-corrected chi connectivity index (χ1v) is 6.89. The molecule has 0 saturated carbocycles. The summed E-state index contributed by atoms with van der Waals surface area (Å²) in [6, 6.07) is 16.7. The highest BCUT2D eigenvalue weighted by Gasteiger charge is 2.14. The van der Waals surface area contributed by atoms with Crippen LogP contribution in [0, 0.1) is 10.1 Å². The summed E-state index contributed by atoms with van der Waals surface area (Å²) in [5.74, 6) is 1.45. The maximum Gasteiger partial charge on any atom is 0.160 e. The van der Waals surface area contributed by atoms with Gasteiger partial charge in [0.25, 0.3) is 0 Å². The Kier molecular flexibility index (Phi) is 7.87. The minimum atomic E-state index is -0.409. The van der Waals surface area contributed by atoms with E-state index in [9.17, 15) is 10.1 Å². The molecule has 2 aromatic carbocycles. The van der Waals surface area contributed by atoms with Crippen molar-refractivity contribution in [1.82, 2.24) is 5.01 Å². The molecule has 0 heterocycles. The summed E-state index contributed by atoms with van der Waals surface area (Å²) in [6.45, 7) is 0.782. The molecule has 0 aromatic heterocycles. The second-order valence-corrected chi connectivity index (χ2v) is 4.68. The summed E-state index contributed by atoms with van der Waals surface area (Å²) in [7, 11) is 1.52. The molecule has 0 aliphatic rings. The second-order valence-electron chi connectivity index (χ2n) is 4.68. The van der Waals surface area contributed by atoms with Gasteiger partial charge in [-0.15, -0.1) is 17.4 Å². The van der Waals surface area contributed by atoms with Gasteiger partial charge < -0.3 is 9.47 Å². The van der Waals surface area contributed by atoms with Crippen LogP contribution in [-0.2, 0) is 11.3 Å². The topological polar surface area (TPSA) is 64.8 Å². The SMILES string of the molecule is COCCN(Cc1ccc(Oc2ccccc2)cc1)[N+](=O)[O-].Cl. The average molecular weight is 339 g/mol. The first kappa shape index (κ1) is 18.7. The molecule has 2 aromatic rings. The van der Waals surface area contributed by atoms with Crippen LogP contribution in [0.4, 0.5) is 0 Å². The van der Waals surface area contributed by atoms with Gasteiger partial charge in [-0.3, -0.25) is 0 Å². The monoisotopic (exact) mass is 338 g/mol. The van der Waals surface area contributed by atoms with Crippen molar-refractivity contribution >= 4 is 12.4 Å². The number of hydrazine groups is 1. The predicted octanol–water partition coefficient (Wildman–Crippen LogP) is 3.54. The van der Waals surface area contributed by atoms with Gasteiger partial charge in [-0.1, -0.05) is 30.3 Å². The Balaban J connectivity index is 0.00000264. The fraction of sp³-hybridized carbons (Fsp3) is 0.250. The van der Waals surface area contributed by atoms with Gasteiger partial charge in [-0.2, -0.15) is 0 Å². The van der Waals surface area contributed by atoms with Crippen molar-refractivity contribution in [3.63, 3.8) is 0 Å². The lowest BCUT2D eigenvalue weighted by Gasteiger charge is -2.14. The van der Waals surface area contributed by atoms with Crippen LogP contribution in [0.3, 0.4) is 0 Å². The Bertz CT molecular complexity index is 593. The molecule has 0 amide bonds. The van der Waals surface area contributed by atoms with Gasteiger partial charge >= 0.3 is 0 Å². The Morgan fingerprint density at radius 2 is 1.65 bits per heavy atom. The van der Waals surface area contributed by atoms with Crippen LogP contribution in [0.15, 0.2) is 54.6 Å². The van der Waals surface area contributed by atoms with E-state index in [1.54, 1.807) is 12.1 Å². The van der Waals surface area contributed by atoms with Gasteiger partial charge in [0.1, 0.15) is 24.6 Å². The minimum Gasteiger partial charge on any atom is -0.457 e. The molecule has 0 aliphatic carbocycles. The van der Waals surface area contributed by atoms with E-state index in [2.05, 4.69) is 0 Å². The lowest BCUT2D eigenvalue weighted by Crippen LogP contribution is -2.32. The third-order valence-corrected chi connectivity index (χ3v) is 3.05. The fourth-order valence-electron chi connectivity index (χ4n) is 1.91. The molecule has 0 bridgehead atoms. The predicted molar refractivity (Wildman–Crippen MR) is 89.5 cm³/mol. The number of halogens is 1. The normalized spacial score (nSPS) is 9.78. The Hall–Kier alpha value is -2.31. The number of hydrogen-bond donors (Lipinski definition) is 0. The van der Waals surface area contributed by atoms with Gasteiger partial charge in [-0.25, -0.2) is 10.1 Å². The lowest BCUT2D eigenvalue weighted by atomic mass is 10.2. The summed E-state index contributed by atoms with van der Waals surface area (Å²) >= 11 is 0. The van der Waals surface area contributed by atoms with Crippen molar-refractivity contribution in [1.29, 1.82) is 0 Å². The number of ether oxygens (including phenoxy) is 2. The zero-order chi connectivity index (χ0) is 15.8. The molecule has 23 heavy (non-hydrogen) atoms. The first-order chi connectivity index (χ1) is 10.7. The molecule has 0 N–H and O–H groups in total. The van der Waals surface area contributed by atoms with Crippen molar-refractivity contribution in [3.05, 3.63) is 70.3 Å². The minimum absolute atomic E-state index is 0. The van der Waals surface area contributed by atoms with Crippen molar-refractivity contribution < 1.29 is 14.5 Å². The molecule has 0 atom stereocenters. The van der Waals surface area contributed by atoms with E-state index in [0.717, 1.165) is 16.3 Å². The molecule has 124 valence electrons. The van der Waals surface area contributed by atoms with E-state index in [1.165, 1.54) is 7.11 Å². The molecule has 0 fully saturated rings. The maximum atomic E-state index is 11.0. The highest BCUT2D eigenvalue weighted by Crippen LogP contribution is 2.21. The molecular weight excluding hydrogens is 320 g/mol. The van der Waals surface area contributed by atoms with Crippen LogP contribution in [0.1, 0.15) is 5.56 Å². The van der Waals surface area contributed by atoms with Gasteiger partial charge in [-0.05, 0) is 29.8 Å². The smallest absolute Gasteiger partial charge is 0.160 e. The van der Waals surface area contributed by atoms with Crippen molar-refractivity contribution in [2.24, 2.45) is 0 Å². The quantitative estimate of drug-likeness (QED) is 0.544. The Labute approximate surface area is 141 Å². The van der Waals surface area contributed by atoms with Gasteiger partial charge in [0.15, 0.2) is 5.03 Å². The molecule has 7 heteroatoms. The van der Waals surface area contributed by atoms with Crippen LogP contribution in [0.5, 0.6) is 11.5 Å². The number of benzene rings is 2. The van der Waals surface area contributed by atoms with E-state index >= 15 is 0 Å². The molecule has 0 unspecified atom stereocenters. The first-order valence-electron chi connectivity index (χ1n) is 6.89. The summed E-state index contributed by atoms with van der Waals surface area (Å²) in [6.07, 6.45) is 0. The van der Waals surface area contributed by atoms with Gasteiger partial charge in [0.2, 0.25) is 0 Å². The lowest BCUT2D eigenvalue weighted by molar-refractivity contribution is -0.659. The third kappa shape index (κ3) is 6.14. The standard InChI is InChI=1S/C16H18N2O4.ClH/c1-21-12-11-17(18(19)20)13-14-7-9-16(10-8-14)22-15-5-3-2-4-6-15;/h2-10H,11-13H2,1H3;1H. The van der Waals surface area contributed by atoms with E-state index in [0.29, 0.717) is 12.4 Å². The summed E-state index contributed by atoms with van der Waals surface area (Å²) in [5, 5.41) is 11.7. The number of para-hydroxylation sites is 1. The van der Waals surface area contributed by atoms with E-state index in [4.69, 9.17) is 9.47 Å². The van der Waals surface area contributed by atoms with Crippen LogP contribution in [0.2, 0.25) is 0 Å². The molecule has 0 saturated heterocycles. The number of hydrogen-bond acceptors (Lipinski definition) is 4. The molecule has 6 nitrogen and oxygen atoms in total. The molecule has 2 rings (SSSR count). The zero-order valence-corrected chi connectivity index (χ0v) is 13.6. The number of methoxy groups -OCH3 is 1. The summed E-state index contributed by atoms with van der Waals surface area (Å²) in [4.78, 5) is 11.0. The molecule has 0 spiro atoms. The maximum absolute atomic E-state index is 11.0. The van der Waals surface area contributed by atoms with Gasteiger partial charge in [0, 0.05) is 7.11 Å². The molecule has 0 radical (unpaired) electrons. The largest absolute Gasteiger partial charge is 0.457 e. The van der Waals surface area contributed by atoms with Crippen LogP contribution in [0.25, 0.3) is 0 Å². The highest BCUT2D eigenvalue weighted by molar-refractivity contribution is 5.85. The van der Waals surface area contributed by atoms with Crippen molar-refractivity contribution in [2.45, 2.75) is 6.54 Å². The van der Waals surface area contributed by atoms with Crippen LogP contribution >= 0.6 is 12.4 Å². The van der Waals surface area contributed by atoms with Crippen molar-refractivity contribution in [3.8, 4) is 11.5 Å². The summed E-state index contributed by atoms with van der Waals surface area (Å²) in [5.41, 5.74) is 0.841. The molecule has 0 aliphatic heterocycles. The number of rotatable bonds is 8. The number of nitrogens with zero attached hydrogens (tertiary/aromatic N) is 2.